The third kappa shape index (κ3) is 2.88. The molecule has 0 fully saturated rings. The summed E-state index contributed by atoms with van der Waals surface area (Å²) in [7, 11) is 0.728. The van der Waals surface area contributed by atoms with Gasteiger partial charge in [-0.3, -0.25) is 4.79 Å². The Labute approximate surface area is 95.5 Å². The number of hydrogen-bond donors (Lipinski definition) is 0. The molecule has 0 aliphatic carbocycles. The number of halogens is 2. The first kappa shape index (κ1) is 12.8. The van der Waals surface area contributed by atoms with Gasteiger partial charge in [0, 0.05) is 12.7 Å². The molecule has 0 aromatic heterocycles. The van der Waals surface area contributed by atoms with Crippen molar-refractivity contribution in [2.75, 3.05) is 11.9 Å². The van der Waals surface area contributed by atoms with Crippen LogP contribution in [0.5, 0.6) is 0 Å². The second-order valence-corrected chi connectivity index (χ2v) is 6.33. The van der Waals surface area contributed by atoms with E-state index < -0.39 is 21.1 Å². The Morgan fingerprint density at radius 3 is 2.50 bits per heavy atom. The maximum atomic E-state index is 12.2. The lowest BCUT2D eigenvalue weighted by Crippen LogP contribution is -2.33. The van der Waals surface area contributed by atoms with Crippen LogP contribution in [0.1, 0.15) is 0 Å². The Bertz CT molecular complexity index is 382. The third-order valence-electron chi connectivity index (χ3n) is 2.33. The van der Waals surface area contributed by atoms with Crippen LogP contribution in [0, 0.1) is 0 Å². The van der Waals surface area contributed by atoms with Crippen LogP contribution in [-0.2, 0) is 4.79 Å². The highest BCUT2D eigenvalue weighted by Crippen LogP contribution is 2.13. The number of hydrogen-bond acceptors (Lipinski definition) is 1. The smallest absolute Gasteiger partial charge is 0.311 e. The molecule has 0 unspecified atom stereocenters. The fourth-order valence-electron chi connectivity index (χ4n) is 1.30. The van der Waals surface area contributed by atoms with E-state index in [9.17, 15) is 13.6 Å². The van der Waals surface area contributed by atoms with Gasteiger partial charge in [0.2, 0.25) is 0 Å². The molecule has 2 nitrogen and oxygen atoms in total. The predicted octanol–water partition coefficient (Wildman–Crippen LogP) is 1.88. The maximum absolute atomic E-state index is 12.2. The van der Waals surface area contributed by atoms with Crippen molar-refractivity contribution in [1.29, 1.82) is 0 Å². The number of benzene rings is 1. The van der Waals surface area contributed by atoms with Crippen LogP contribution in [0.2, 0.25) is 13.1 Å². The molecule has 16 heavy (non-hydrogen) atoms. The third-order valence-corrected chi connectivity index (χ3v) is 3.79. The summed E-state index contributed by atoms with van der Waals surface area (Å²) in [6, 6.07) is 7.21. The van der Waals surface area contributed by atoms with Gasteiger partial charge in [-0.05, 0) is 12.1 Å². The molecule has 1 amide bonds. The zero-order valence-electron chi connectivity index (χ0n) is 9.50. The zero-order chi connectivity index (χ0) is 12.3. The van der Waals surface area contributed by atoms with Crippen molar-refractivity contribution in [3.63, 3.8) is 0 Å². The molecule has 1 aromatic rings. The summed E-state index contributed by atoms with van der Waals surface area (Å²) in [5.41, 5.74) is 0.522. The number of nitrogens with zero attached hydrogens (tertiary/aromatic N) is 1. The largest absolute Gasteiger partial charge is 0.316 e. The van der Waals surface area contributed by atoms with E-state index in [-0.39, 0.29) is 0 Å². The van der Waals surface area contributed by atoms with Gasteiger partial charge in [0.25, 0.3) is 5.91 Å². The molecule has 0 heterocycles. The summed E-state index contributed by atoms with van der Waals surface area (Å²) < 4.78 is 24.5. The Morgan fingerprint density at radius 2 is 2.00 bits per heavy atom. The van der Waals surface area contributed by atoms with Crippen LogP contribution in [0.25, 0.3) is 0 Å². The van der Waals surface area contributed by atoms with Gasteiger partial charge in [-0.25, -0.2) is 0 Å². The normalized spacial score (nSPS) is 10.9. The first-order valence-corrected chi connectivity index (χ1v) is 7.40. The Kier molecular flexibility index (Phi) is 4.17. The van der Waals surface area contributed by atoms with E-state index in [1.807, 2.05) is 6.07 Å². The second kappa shape index (κ2) is 5.20. The van der Waals surface area contributed by atoms with Crippen LogP contribution >= 0.6 is 0 Å². The van der Waals surface area contributed by atoms with E-state index in [1.165, 1.54) is 7.05 Å². The summed E-state index contributed by atoms with van der Waals surface area (Å²) >= 11 is 0. The highest BCUT2D eigenvalue weighted by atomic mass is 28.3. The Balaban J connectivity index is 2.96. The van der Waals surface area contributed by atoms with E-state index in [0.29, 0.717) is 5.69 Å². The second-order valence-electron chi connectivity index (χ2n) is 3.75. The Hall–Kier alpha value is -1.23. The quantitative estimate of drug-likeness (QED) is 0.741. The first-order valence-electron chi connectivity index (χ1n) is 4.90. The molecule has 0 aliphatic heterocycles. The van der Waals surface area contributed by atoms with Crippen molar-refractivity contribution in [3.05, 3.63) is 24.3 Å². The molecule has 0 atom stereocenters. The topological polar surface area (TPSA) is 20.3 Å². The molecule has 0 spiro atoms. The van der Waals surface area contributed by atoms with Crippen LogP contribution in [0.15, 0.2) is 24.3 Å². The predicted molar refractivity (Wildman–Crippen MR) is 63.0 cm³/mol. The number of amides is 1. The fourth-order valence-corrected chi connectivity index (χ4v) is 2.17. The molecule has 0 saturated heterocycles. The highest BCUT2D eigenvalue weighted by molar-refractivity contribution is 6.70. The number of carbonyl (C=O) groups excluding carboxylic acids is 1. The monoisotopic (exact) mass is 242 g/mol. The fraction of sp³-hybridized carbons (Fsp3) is 0.364. The summed E-state index contributed by atoms with van der Waals surface area (Å²) in [6.07, 6.45) is -2.96. The van der Waals surface area contributed by atoms with Crippen molar-refractivity contribution in [2.45, 2.75) is 19.5 Å². The summed E-state index contributed by atoms with van der Waals surface area (Å²) in [5, 5.41) is 1.12. The maximum Gasteiger partial charge on any atom is 0.316 e. The van der Waals surface area contributed by atoms with E-state index >= 15 is 0 Å². The lowest BCUT2D eigenvalue weighted by atomic mass is 10.3. The lowest BCUT2D eigenvalue weighted by molar-refractivity contribution is -0.128. The van der Waals surface area contributed by atoms with Crippen molar-refractivity contribution >= 4 is 25.6 Å². The minimum atomic E-state index is -2.96. The van der Waals surface area contributed by atoms with E-state index in [1.54, 1.807) is 18.2 Å². The van der Waals surface area contributed by atoms with Gasteiger partial charge in [-0.2, -0.15) is 8.78 Å². The van der Waals surface area contributed by atoms with Crippen molar-refractivity contribution in [2.24, 2.45) is 0 Å². The highest BCUT2D eigenvalue weighted by Gasteiger charge is 2.21. The average molecular weight is 242 g/mol. The summed E-state index contributed by atoms with van der Waals surface area (Å²) in [6.45, 7) is 4.22. The van der Waals surface area contributed by atoms with Crippen LogP contribution in [-0.4, -0.2) is 28.2 Å². The van der Waals surface area contributed by atoms with Gasteiger partial charge in [0.05, 0.1) is 8.80 Å². The van der Waals surface area contributed by atoms with E-state index in [4.69, 9.17) is 0 Å². The molecule has 87 valence electrons. The van der Waals surface area contributed by atoms with E-state index in [0.717, 1.165) is 10.1 Å². The minimum Gasteiger partial charge on any atom is -0.311 e. The standard InChI is InChI=1S/C11H14F2NOSi/c1-14(11(15)10(12)13)8-5-4-6-9(7-8)16(2)3/h4-7,10H,1-3H3. The molecular formula is C11H14F2NOSi. The molecule has 1 rings (SSSR count). The SMILES string of the molecule is CN(C(=O)C(F)F)c1cccc([Si](C)C)c1. The number of alkyl halides is 2. The van der Waals surface area contributed by atoms with E-state index in [2.05, 4.69) is 13.1 Å². The molecule has 0 aliphatic rings. The van der Waals surface area contributed by atoms with Gasteiger partial charge < -0.3 is 4.90 Å². The number of rotatable bonds is 3. The molecule has 0 bridgehead atoms. The van der Waals surface area contributed by atoms with Gasteiger partial charge in [-0.15, -0.1) is 0 Å². The van der Waals surface area contributed by atoms with Gasteiger partial charge in [0.1, 0.15) is 0 Å². The van der Waals surface area contributed by atoms with Crippen molar-refractivity contribution < 1.29 is 13.6 Å². The zero-order valence-corrected chi connectivity index (χ0v) is 10.5. The van der Waals surface area contributed by atoms with Gasteiger partial charge >= 0.3 is 6.43 Å². The van der Waals surface area contributed by atoms with Gasteiger partial charge in [0.15, 0.2) is 0 Å². The number of anilines is 1. The lowest BCUT2D eigenvalue weighted by Gasteiger charge is -2.18. The van der Waals surface area contributed by atoms with Gasteiger partial charge in [-0.1, -0.05) is 30.4 Å². The van der Waals surface area contributed by atoms with Crippen LogP contribution in [0.4, 0.5) is 14.5 Å². The molecule has 5 heteroatoms. The first-order chi connectivity index (χ1) is 7.43. The Morgan fingerprint density at radius 1 is 1.38 bits per heavy atom. The summed E-state index contributed by atoms with van der Waals surface area (Å²) in [4.78, 5) is 12.1. The molecule has 0 N–H and O–H groups in total. The van der Waals surface area contributed by atoms with Crippen LogP contribution < -0.4 is 10.1 Å². The van der Waals surface area contributed by atoms with Crippen LogP contribution in [0.3, 0.4) is 0 Å². The van der Waals surface area contributed by atoms with Crippen molar-refractivity contribution in [1.82, 2.24) is 0 Å². The molecule has 1 radical (unpaired) electrons. The minimum absolute atomic E-state index is 0.522. The summed E-state index contributed by atoms with van der Waals surface area (Å²) in [5.74, 6) is -1.17. The van der Waals surface area contributed by atoms with Crippen molar-refractivity contribution in [3.8, 4) is 0 Å². The average Bonchev–Trinajstić information content (AvgIpc) is 2.27. The number of carbonyl (C=O) groups is 1. The molecule has 0 saturated carbocycles. The molecule has 1 aromatic carbocycles. The molecular weight excluding hydrogens is 228 g/mol.